The van der Waals surface area contributed by atoms with Gasteiger partial charge < -0.3 is 4.90 Å². The molecule has 0 saturated carbocycles. The van der Waals surface area contributed by atoms with Crippen LogP contribution in [0.3, 0.4) is 0 Å². The van der Waals surface area contributed by atoms with E-state index in [0.717, 1.165) is 12.1 Å². The lowest BCUT2D eigenvalue weighted by Crippen LogP contribution is -2.36. The molecule has 0 aliphatic carbocycles. The maximum absolute atomic E-state index is 13.5. The number of nitrogens with zero attached hydrogens (tertiary/aromatic N) is 3. The summed E-state index contributed by atoms with van der Waals surface area (Å²) in [7, 11) is 1.81. The number of hydrogen-bond donors (Lipinski definition) is 0. The Hall–Kier alpha value is -2.95. The van der Waals surface area contributed by atoms with E-state index in [-0.39, 0.29) is 23.4 Å². The van der Waals surface area contributed by atoms with Crippen LogP contribution in [0.4, 0.5) is 0 Å². The highest BCUT2D eigenvalue weighted by molar-refractivity contribution is 5.79. The van der Waals surface area contributed by atoms with Crippen LogP contribution in [0.25, 0.3) is 16.6 Å². The average Bonchev–Trinajstić information content (AvgIpc) is 2.74. The summed E-state index contributed by atoms with van der Waals surface area (Å²) in [4.78, 5) is 33.0. The van der Waals surface area contributed by atoms with E-state index < -0.39 is 0 Å². The quantitative estimate of drug-likeness (QED) is 0.562. The van der Waals surface area contributed by atoms with Crippen LogP contribution in [-0.2, 0) is 11.2 Å². The van der Waals surface area contributed by atoms with Gasteiger partial charge in [-0.3, -0.25) is 14.2 Å². The second-order valence-electron chi connectivity index (χ2n) is 8.17. The molecule has 3 rings (SSSR count). The molecule has 5 nitrogen and oxygen atoms in total. The monoisotopic (exact) mass is 405 g/mol. The molecule has 30 heavy (non-hydrogen) atoms. The predicted octanol–water partition coefficient (Wildman–Crippen LogP) is 4.90. The molecule has 1 unspecified atom stereocenters. The molecule has 0 fully saturated rings. The summed E-state index contributed by atoms with van der Waals surface area (Å²) in [6, 6.07) is 15.1. The number of benzene rings is 2. The van der Waals surface area contributed by atoms with E-state index in [9.17, 15) is 9.59 Å². The maximum Gasteiger partial charge on any atom is 0.266 e. The number of rotatable bonds is 7. The van der Waals surface area contributed by atoms with Crippen molar-refractivity contribution in [2.45, 2.75) is 53.0 Å². The Morgan fingerprint density at radius 2 is 1.73 bits per heavy atom. The van der Waals surface area contributed by atoms with Crippen molar-refractivity contribution in [2.24, 2.45) is 5.92 Å². The minimum absolute atomic E-state index is 0.0622. The fourth-order valence-corrected chi connectivity index (χ4v) is 3.80. The van der Waals surface area contributed by atoms with Gasteiger partial charge in [-0.15, -0.1) is 0 Å². The van der Waals surface area contributed by atoms with E-state index in [4.69, 9.17) is 4.98 Å². The summed E-state index contributed by atoms with van der Waals surface area (Å²) in [5.41, 5.74) is 2.53. The van der Waals surface area contributed by atoms with Gasteiger partial charge in [0.15, 0.2) is 0 Å². The van der Waals surface area contributed by atoms with E-state index in [1.54, 1.807) is 15.5 Å². The molecule has 1 heterocycles. The lowest BCUT2D eigenvalue weighted by Gasteiger charge is -2.29. The van der Waals surface area contributed by atoms with Crippen molar-refractivity contribution in [2.75, 3.05) is 7.05 Å². The third kappa shape index (κ3) is 4.30. The third-order valence-corrected chi connectivity index (χ3v) is 5.53. The van der Waals surface area contributed by atoms with E-state index in [1.807, 2.05) is 70.3 Å². The number of carbonyl (C=O) groups excluding carboxylic acids is 1. The third-order valence-electron chi connectivity index (χ3n) is 5.53. The van der Waals surface area contributed by atoms with Crippen molar-refractivity contribution in [1.82, 2.24) is 14.5 Å². The molecule has 0 aliphatic rings. The number of aryl methyl sites for hydroxylation is 1. The lowest BCUT2D eigenvalue weighted by molar-refractivity contribution is -0.133. The Labute approximate surface area is 178 Å². The summed E-state index contributed by atoms with van der Waals surface area (Å²) < 4.78 is 1.68. The Balaban J connectivity index is 2.22. The van der Waals surface area contributed by atoms with Crippen LogP contribution in [-0.4, -0.2) is 27.4 Å². The Morgan fingerprint density at radius 1 is 1.07 bits per heavy atom. The molecule has 0 aliphatic heterocycles. The van der Waals surface area contributed by atoms with E-state index in [1.165, 1.54) is 5.56 Å². The molecule has 1 atom stereocenters. The Bertz CT molecular complexity index is 1080. The van der Waals surface area contributed by atoms with Gasteiger partial charge in [-0.05, 0) is 48.6 Å². The van der Waals surface area contributed by atoms with Gasteiger partial charge in [0.1, 0.15) is 5.82 Å². The van der Waals surface area contributed by atoms with Gasteiger partial charge in [-0.1, -0.05) is 52.0 Å². The van der Waals surface area contributed by atoms with Gasteiger partial charge in [0.25, 0.3) is 5.56 Å². The highest BCUT2D eigenvalue weighted by Gasteiger charge is 2.26. The molecular formula is C25H31N3O2. The lowest BCUT2D eigenvalue weighted by atomic mass is 10.1. The van der Waals surface area contributed by atoms with E-state index >= 15 is 0 Å². The number of aromatic nitrogens is 2. The van der Waals surface area contributed by atoms with Crippen LogP contribution < -0.4 is 5.56 Å². The van der Waals surface area contributed by atoms with Crippen molar-refractivity contribution >= 4 is 16.8 Å². The molecule has 158 valence electrons. The SMILES string of the molecule is CCc1ccc(-n2c(C(CC)N(C)C(=O)CC(C)C)nc3ccccc3c2=O)cc1. The maximum atomic E-state index is 13.5. The van der Waals surface area contributed by atoms with Crippen LogP contribution >= 0.6 is 0 Å². The minimum Gasteiger partial charge on any atom is -0.336 e. The first kappa shape index (κ1) is 21.8. The molecule has 2 aromatic carbocycles. The van der Waals surface area contributed by atoms with Gasteiger partial charge in [0.05, 0.1) is 22.6 Å². The van der Waals surface area contributed by atoms with Crippen molar-refractivity contribution < 1.29 is 4.79 Å². The second-order valence-corrected chi connectivity index (χ2v) is 8.17. The fourth-order valence-electron chi connectivity index (χ4n) is 3.80. The molecule has 0 spiro atoms. The molecule has 5 heteroatoms. The van der Waals surface area contributed by atoms with Crippen LogP contribution in [0.5, 0.6) is 0 Å². The predicted molar refractivity (Wildman–Crippen MR) is 122 cm³/mol. The molecule has 0 radical (unpaired) electrons. The largest absolute Gasteiger partial charge is 0.336 e. The molecule has 3 aromatic rings. The zero-order chi connectivity index (χ0) is 21.8. The first-order valence-corrected chi connectivity index (χ1v) is 10.7. The molecule has 0 bridgehead atoms. The zero-order valence-electron chi connectivity index (χ0n) is 18.6. The van der Waals surface area contributed by atoms with Crippen molar-refractivity contribution in [1.29, 1.82) is 0 Å². The summed E-state index contributed by atoms with van der Waals surface area (Å²) in [6.45, 7) is 8.20. The van der Waals surface area contributed by atoms with E-state index in [2.05, 4.69) is 6.92 Å². The zero-order valence-corrected chi connectivity index (χ0v) is 18.6. The number of carbonyl (C=O) groups is 1. The number of fused-ring (bicyclic) bond motifs is 1. The summed E-state index contributed by atoms with van der Waals surface area (Å²) in [6.07, 6.45) is 2.07. The van der Waals surface area contributed by atoms with Crippen molar-refractivity contribution in [3.8, 4) is 5.69 Å². The number of hydrogen-bond acceptors (Lipinski definition) is 3. The van der Waals surface area contributed by atoms with Gasteiger partial charge >= 0.3 is 0 Å². The second kappa shape index (κ2) is 9.24. The fraction of sp³-hybridized carbons (Fsp3) is 0.400. The Morgan fingerprint density at radius 3 is 2.33 bits per heavy atom. The molecule has 0 saturated heterocycles. The standard InChI is InChI=1S/C25H31N3O2/c1-6-18-12-14-19(15-13-18)28-24(22(7-2)27(5)23(29)16-17(3)4)26-21-11-9-8-10-20(21)25(28)30/h8-15,17,22H,6-7,16H2,1-5H3. The van der Waals surface area contributed by atoms with Crippen molar-refractivity contribution in [3.63, 3.8) is 0 Å². The van der Waals surface area contributed by atoms with Gasteiger partial charge in [-0.25, -0.2) is 4.98 Å². The summed E-state index contributed by atoms with van der Waals surface area (Å²) in [5, 5.41) is 0.576. The van der Waals surface area contributed by atoms with Crippen LogP contribution in [0, 0.1) is 5.92 Å². The molecule has 0 N–H and O–H groups in total. The normalized spacial score (nSPS) is 12.3. The molecule has 1 amide bonds. The topological polar surface area (TPSA) is 55.2 Å². The first-order valence-electron chi connectivity index (χ1n) is 10.7. The van der Waals surface area contributed by atoms with Gasteiger partial charge in [0.2, 0.25) is 5.91 Å². The average molecular weight is 406 g/mol. The van der Waals surface area contributed by atoms with Crippen LogP contribution in [0.1, 0.15) is 58.0 Å². The minimum atomic E-state index is -0.292. The van der Waals surface area contributed by atoms with Crippen LogP contribution in [0.15, 0.2) is 53.3 Å². The first-order chi connectivity index (χ1) is 14.4. The number of para-hydroxylation sites is 1. The number of amides is 1. The molecular weight excluding hydrogens is 374 g/mol. The summed E-state index contributed by atoms with van der Waals surface area (Å²) >= 11 is 0. The van der Waals surface area contributed by atoms with Crippen LogP contribution in [0.2, 0.25) is 0 Å². The van der Waals surface area contributed by atoms with Crippen molar-refractivity contribution in [3.05, 3.63) is 70.3 Å². The molecule has 1 aromatic heterocycles. The van der Waals surface area contributed by atoms with Gasteiger partial charge in [-0.2, -0.15) is 0 Å². The van der Waals surface area contributed by atoms with Gasteiger partial charge in [0, 0.05) is 13.5 Å². The summed E-state index contributed by atoms with van der Waals surface area (Å²) in [5.74, 6) is 0.933. The highest BCUT2D eigenvalue weighted by atomic mass is 16.2. The highest BCUT2D eigenvalue weighted by Crippen LogP contribution is 2.26. The van der Waals surface area contributed by atoms with E-state index in [0.29, 0.717) is 29.6 Å². The smallest absolute Gasteiger partial charge is 0.266 e. The Kier molecular flexibility index (Phi) is 6.70.